The highest BCUT2D eigenvalue weighted by molar-refractivity contribution is 6.13. The molecule has 356 valence electrons. The highest BCUT2D eigenvalue weighted by atomic mass is 15.1. The molecule has 1 heteroatoms. The van der Waals surface area contributed by atoms with Gasteiger partial charge in [0, 0.05) is 27.9 Å². The summed E-state index contributed by atoms with van der Waals surface area (Å²) in [5.41, 5.74) is 25.9. The van der Waals surface area contributed by atoms with E-state index >= 15 is 0 Å². The molecule has 0 saturated carbocycles. The lowest BCUT2D eigenvalue weighted by molar-refractivity contribution is 0.660. The second kappa shape index (κ2) is 17.3. The van der Waals surface area contributed by atoms with E-state index in [9.17, 15) is 0 Å². The number of anilines is 3. The molecular weight excluding hydrogens is 903 g/mol. The van der Waals surface area contributed by atoms with Crippen LogP contribution in [-0.2, 0) is 10.8 Å². The minimum Gasteiger partial charge on any atom is -0.310 e. The van der Waals surface area contributed by atoms with Crippen LogP contribution in [0.2, 0.25) is 0 Å². The quantitative estimate of drug-likeness (QED) is 0.137. The van der Waals surface area contributed by atoms with E-state index in [0.717, 1.165) is 17.1 Å². The van der Waals surface area contributed by atoms with E-state index in [0.29, 0.717) is 0 Å². The molecule has 0 spiro atoms. The normalized spacial score (nSPS) is 13.5. The third-order valence-electron chi connectivity index (χ3n) is 16.7. The van der Waals surface area contributed by atoms with Crippen LogP contribution in [0.4, 0.5) is 17.1 Å². The topological polar surface area (TPSA) is 3.24 Å². The Morgan fingerprint density at radius 3 is 1.07 bits per heavy atom. The average Bonchev–Trinajstić information content (AvgIpc) is 3.85. The van der Waals surface area contributed by atoms with E-state index in [1.165, 1.54) is 122 Å². The van der Waals surface area contributed by atoms with Gasteiger partial charge in [0.25, 0.3) is 0 Å². The third kappa shape index (κ3) is 7.37. The predicted molar refractivity (Wildman–Crippen MR) is 318 cm³/mol. The molecule has 75 heavy (non-hydrogen) atoms. The molecule has 0 saturated heterocycles. The molecule has 12 aromatic carbocycles. The van der Waals surface area contributed by atoms with Crippen molar-refractivity contribution in [3.63, 3.8) is 0 Å². The Kier molecular flexibility index (Phi) is 10.3. The van der Waals surface area contributed by atoms with Crippen LogP contribution in [-0.4, -0.2) is 0 Å². The molecule has 0 bridgehead atoms. The van der Waals surface area contributed by atoms with Crippen LogP contribution in [0.25, 0.3) is 99.4 Å². The van der Waals surface area contributed by atoms with Crippen molar-refractivity contribution in [2.45, 2.75) is 38.5 Å². The predicted octanol–water partition coefficient (Wildman–Crippen LogP) is 20.4. The zero-order chi connectivity index (χ0) is 50.4. The maximum Gasteiger partial charge on any atom is 0.0465 e. The fourth-order valence-electron chi connectivity index (χ4n) is 12.6. The van der Waals surface area contributed by atoms with E-state index < -0.39 is 0 Å². The summed E-state index contributed by atoms with van der Waals surface area (Å²) in [4.78, 5) is 2.47. The van der Waals surface area contributed by atoms with Gasteiger partial charge in [-0.25, -0.2) is 0 Å². The van der Waals surface area contributed by atoms with Crippen molar-refractivity contribution >= 4 is 38.6 Å². The van der Waals surface area contributed by atoms with E-state index in [1.54, 1.807) is 0 Å². The monoisotopic (exact) mass is 957 g/mol. The van der Waals surface area contributed by atoms with Gasteiger partial charge in [0.2, 0.25) is 0 Å². The van der Waals surface area contributed by atoms with Crippen molar-refractivity contribution in [1.82, 2.24) is 0 Å². The Hall–Kier alpha value is -9.04. The Bertz CT molecular complexity index is 4180. The van der Waals surface area contributed by atoms with E-state index in [1.807, 2.05) is 0 Å². The molecule has 2 aliphatic carbocycles. The molecule has 0 unspecified atom stereocenters. The standard InChI is InChI=1S/C74H55N/c1-73(2)69-44-55(49-17-9-6-10-18-49)33-39-64(69)66-41-37-59(46-71(66)73)75(58-35-31-52(32-36-58)51-25-23-50(24-26-51)48-15-7-5-8-16-48)60-38-42-67-65-40-34-56(45-70(65)74(3,4)72(67)47-60)53-27-29-54(30-28-53)68-43-57-19-11-12-20-61(57)62-21-13-14-22-63(62)68/h5-47H,1-4H3. The average molecular weight is 958 g/mol. The number of hydrogen-bond donors (Lipinski definition) is 0. The van der Waals surface area contributed by atoms with Crippen molar-refractivity contribution in [3.8, 4) is 77.9 Å². The molecule has 0 fully saturated rings. The lowest BCUT2D eigenvalue weighted by atomic mass is 9.81. The number of benzene rings is 12. The summed E-state index contributed by atoms with van der Waals surface area (Å²) in [7, 11) is 0. The molecule has 0 amide bonds. The van der Waals surface area contributed by atoms with Gasteiger partial charge in [-0.3, -0.25) is 0 Å². The maximum atomic E-state index is 2.47. The van der Waals surface area contributed by atoms with Gasteiger partial charge in [0.15, 0.2) is 0 Å². The van der Waals surface area contributed by atoms with Crippen LogP contribution < -0.4 is 4.90 Å². The van der Waals surface area contributed by atoms with Gasteiger partial charge in [-0.2, -0.15) is 0 Å². The summed E-state index contributed by atoms with van der Waals surface area (Å²) < 4.78 is 0. The van der Waals surface area contributed by atoms with Crippen LogP contribution in [0.1, 0.15) is 49.9 Å². The first-order valence-electron chi connectivity index (χ1n) is 26.4. The van der Waals surface area contributed by atoms with E-state index in [-0.39, 0.29) is 10.8 Å². The highest BCUT2D eigenvalue weighted by Gasteiger charge is 2.38. The molecule has 0 N–H and O–H groups in total. The zero-order valence-corrected chi connectivity index (χ0v) is 42.8. The zero-order valence-electron chi connectivity index (χ0n) is 42.8. The second-order valence-electron chi connectivity index (χ2n) is 21.7. The largest absolute Gasteiger partial charge is 0.310 e. The van der Waals surface area contributed by atoms with Gasteiger partial charge in [-0.15, -0.1) is 0 Å². The first-order valence-corrected chi connectivity index (χ1v) is 26.4. The summed E-state index contributed by atoms with van der Waals surface area (Å²) in [6, 6.07) is 97.0. The van der Waals surface area contributed by atoms with Crippen LogP contribution in [0.15, 0.2) is 261 Å². The summed E-state index contributed by atoms with van der Waals surface area (Å²) in [6.45, 7) is 9.59. The summed E-state index contributed by atoms with van der Waals surface area (Å²) in [5, 5.41) is 5.13. The van der Waals surface area contributed by atoms with E-state index in [4.69, 9.17) is 0 Å². The Labute approximate surface area is 440 Å². The molecule has 2 aliphatic rings. The summed E-state index contributed by atoms with van der Waals surface area (Å²) in [5.74, 6) is 0. The van der Waals surface area contributed by atoms with Crippen molar-refractivity contribution < 1.29 is 0 Å². The van der Waals surface area contributed by atoms with Crippen LogP contribution in [0.3, 0.4) is 0 Å². The Morgan fingerprint density at radius 1 is 0.227 bits per heavy atom. The SMILES string of the molecule is CC1(C)c2cc(-c3ccccc3)ccc2-c2ccc(N(c3ccc(-c4ccc(-c5ccccc5)cc4)cc3)c3ccc4c(c3)C(C)(C)c3cc(-c5ccc(-c6cc7ccccc7c7ccccc67)cc5)ccc3-4)cc21. The van der Waals surface area contributed by atoms with Crippen LogP contribution >= 0.6 is 0 Å². The van der Waals surface area contributed by atoms with Crippen LogP contribution in [0, 0.1) is 0 Å². The van der Waals surface area contributed by atoms with Crippen LogP contribution in [0.5, 0.6) is 0 Å². The van der Waals surface area contributed by atoms with Crippen molar-refractivity contribution in [2.75, 3.05) is 4.90 Å². The first-order chi connectivity index (χ1) is 36.7. The van der Waals surface area contributed by atoms with Crippen molar-refractivity contribution in [2.24, 2.45) is 0 Å². The summed E-state index contributed by atoms with van der Waals surface area (Å²) >= 11 is 0. The number of hydrogen-bond acceptors (Lipinski definition) is 1. The smallest absolute Gasteiger partial charge is 0.0465 e. The molecule has 0 aromatic heterocycles. The van der Waals surface area contributed by atoms with E-state index in [2.05, 4.69) is 293 Å². The van der Waals surface area contributed by atoms with Crippen molar-refractivity contribution in [3.05, 3.63) is 283 Å². The second-order valence-corrected chi connectivity index (χ2v) is 21.7. The Morgan fingerprint density at radius 2 is 0.560 bits per heavy atom. The van der Waals surface area contributed by atoms with Gasteiger partial charge in [-0.05, 0) is 176 Å². The highest BCUT2D eigenvalue weighted by Crippen LogP contribution is 2.54. The lowest BCUT2D eigenvalue weighted by Crippen LogP contribution is -2.18. The molecule has 0 atom stereocenters. The summed E-state index contributed by atoms with van der Waals surface area (Å²) in [6.07, 6.45) is 0. The molecule has 0 aliphatic heterocycles. The Balaban J connectivity index is 0.825. The molecule has 0 radical (unpaired) electrons. The minimum atomic E-state index is -0.236. The third-order valence-corrected chi connectivity index (χ3v) is 16.7. The number of nitrogens with zero attached hydrogens (tertiary/aromatic N) is 1. The molecular formula is C74H55N. The lowest BCUT2D eigenvalue weighted by Gasteiger charge is -2.30. The molecule has 12 aromatic rings. The molecule has 1 nitrogen and oxygen atoms in total. The minimum absolute atomic E-state index is 0.197. The maximum absolute atomic E-state index is 2.47. The molecule has 14 rings (SSSR count). The number of fused-ring (bicyclic) bond motifs is 9. The van der Waals surface area contributed by atoms with Gasteiger partial charge >= 0.3 is 0 Å². The fraction of sp³-hybridized carbons (Fsp3) is 0.0811. The van der Waals surface area contributed by atoms with Gasteiger partial charge < -0.3 is 4.90 Å². The first kappa shape index (κ1) is 44.6. The number of rotatable bonds is 8. The van der Waals surface area contributed by atoms with Crippen molar-refractivity contribution in [1.29, 1.82) is 0 Å². The van der Waals surface area contributed by atoms with Gasteiger partial charge in [-0.1, -0.05) is 234 Å². The van der Waals surface area contributed by atoms with Gasteiger partial charge in [0.1, 0.15) is 0 Å². The van der Waals surface area contributed by atoms with Gasteiger partial charge in [0.05, 0.1) is 0 Å². The molecule has 0 heterocycles. The fourth-order valence-corrected chi connectivity index (χ4v) is 12.6.